The lowest BCUT2D eigenvalue weighted by Gasteiger charge is -2.33. The van der Waals surface area contributed by atoms with Crippen molar-refractivity contribution >= 4 is 11.9 Å². The molecule has 240 valence electrons. The molecule has 1 atom stereocenters. The van der Waals surface area contributed by atoms with Crippen LogP contribution in [0, 0.1) is 5.92 Å². The monoisotopic (exact) mass is 630 g/mol. The van der Waals surface area contributed by atoms with Crippen LogP contribution in [0.5, 0.6) is 0 Å². The molecule has 3 rings (SSSR count). The topological polar surface area (TPSA) is 81.4 Å². The molecule has 0 saturated heterocycles. The highest BCUT2D eigenvalue weighted by Crippen LogP contribution is 2.57. The van der Waals surface area contributed by atoms with Gasteiger partial charge in [-0.3, -0.25) is 9.59 Å². The van der Waals surface area contributed by atoms with Crippen LogP contribution in [-0.4, -0.2) is 44.6 Å². The van der Waals surface area contributed by atoms with Gasteiger partial charge in [0, 0.05) is 19.9 Å². The molecular weight excluding hydrogens is 599 g/mol. The molecule has 1 aliphatic rings. The second-order valence-corrected chi connectivity index (χ2v) is 10.6. The molecule has 1 aromatic heterocycles. The molecule has 1 N–H and O–H groups in total. The minimum Gasteiger partial charge on any atom is -0.481 e. The fourth-order valence-corrected chi connectivity index (χ4v) is 5.26. The highest BCUT2D eigenvalue weighted by Gasteiger charge is 2.82. The van der Waals surface area contributed by atoms with E-state index in [2.05, 4.69) is 4.98 Å². The Morgan fingerprint density at radius 1 is 1.00 bits per heavy atom. The number of alkyl halides is 9. The van der Waals surface area contributed by atoms with E-state index in [1.807, 2.05) is 0 Å². The predicted octanol–water partition coefficient (Wildman–Crippen LogP) is 7.62. The number of carboxylic acid groups (broad SMARTS) is 1. The van der Waals surface area contributed by atoms with Crippen molar-refractivity contribution < 1.29 is 58.9 Å². The summed E-state index contributed by atoms with van der Waals surface area (Å²) in [6.45, 7) is 0.975. The number of esters is 1. The number of unbranched alkanes of at least 4 members (excludes halogenated alkanes) is 1. The minimum atomic E-state index is -7.13. The first-order valence-electron chi connectivity index (χ1n) is 13.6. The Hall–Kier alpha value is -3.26. The largest absolute Gasteiger partial charge is 0.481 e. The molecule has 1 aromatic carbocycles. The highest BCUT2D eigenvalue weighted by molar-refractivity contribution is 5.76. The number of nitrogens with zero attached hydrogens (tertiary/aromatic N) is 2. The number of hydrogen-bond acceptors (Lipinski definition) is 4. The van der Waals surface area contributed by atoms with Crippen LogP contribution in [0.25, 0.3) is 0 Å². The lowest BCUT2D eigenvalue weighted by molar-refractivity contribution is -0.400. The molecule has 1 saturated carbocycles. The van der Waals surface area contributed by atoms with Crippen LogP contribution in [-0.2, 0) is 39.8 Å². The molecule has 43 heavy (non-hydrogen) atoms. The van der Waals surface area contributed by atoms with E-state index >= 15 is 8.78 Å². The maximum absolute atomic E-state index is 15.2. The SMILES string of the molecule is CCCCc1nc(C(F)(F)C(F)(F)C(F)(F)C(F)(F)F)c(COC(C)=O)n1Cc1ccc(C(C(=O)O)C2CCCC2)cc1. The summed E-state index contributed by atoms with van der Waals surface area (Å²) in [6, 6.07) is 5.94. The average molecular weight is 631 g/mol. The van der Waals surface area contributed by atoms with Crippen molar-refractivity contribution in [2.75, 3.05) is 0 Å². The number of halogens is 9. The molecule has 0 amide bonds. The quantitative estimate of drug-likeness (QED) is 0.182. The van der Waals surface area contributed by atoms with Crippen molar-refractivity contribution in [3.05, 3.63) is 52.6 Å². The molecule has 1 heterocycles. The third kappa shape index (κ3) is 6.79. The maximum Gasteiger partial charge on any atom is 0.460 e. The summed E-state index contributed by atoms with van der Waals surface area (Å²) in [5, 5.41) is 9.79. The van der Waals surface area contributed by atoms with Crippen molar-refractivity contribution in [1.29, 1.82) is 0 Å². The molecule has 1 aliphatic carbocycles. The lowest BCUT2D eigenvalue weighted by Crippen LogP contribution is -2.59. The van der Waals surface area contributed by atoms with Crippen LogP contribution in [0.3, 0.4) is 0 Å². The van der Waals surface area contributed by atoms with E-state index in [1.165, 1.54) is 24.3 Å². The van der Waals surface area contributed by atoms with Gasteiger partial charge < -0.3 is 14.4 Å². The predicted molar refractivity (Wildman–Crippen MR) is 134 cm³/mol. The third-order valence-electron chi connectivity index (χ3n) is 7.58. The number of rotatable bonds is 13. The van der Waals surface area contributed by atoms with Crippen LogP contribution in [0.2, 0.25) is 0 Å². The van der Waals surface area contributed by atoms with E-state index in [0.29, 0.717) is 17.5 Å². The molecule has 15 heteroatoms. The lowest BCUT2D eigenvalue weighted by atomic mass is 9.84. The van der Waals surface area contributed by atoms with Crippen molar-refractivity contribution in [2.24, 2.45) is 5.92 Å². The summed E-state index contributed by atoms with van der Waals surface area (Å²) >= 11 is 0. The van der Waals surface area contributed by atoms with E-state index in [9.17, 15) is 45.4 Å². The Bertz CT molecular complexity index is 1280. The Labute approximate surface area is 241 Å². The Morgan fingerprint density at radius 3 is 2.07 bits per heavy atom. The van der Waals surface area contributed by atoms with Gasteiger partial charge >= 0.3 is 35.9 Å². The van der Waals surface area contributed by atoms with Crippen molar-refractivity contribution in [1.82, 2.24) is 9.55 Å². The second kappa shape index (κ2) is 12.8. The van der Waals surface area contributed by atoms with Gasteiger partial charge in [-0.1, -0.05) is 50.5 Å². The standard InChI is InChI=1S/C28H31F9N2O4/c1-3-4-9-21-38-23(25(29,30)26(31,32)27(33,34)28(35,36)37)20(15-43-16(2)40)39(21)14-17-10-12-19(13-11-17)22(24(41)42)18-7-5-6-8-18/h10-13,18,22H,3-9,14-15H2,1-2H3,(H,41,42). The van der Waals surface area contributed by atoms with Gasteiger partial charge in [0.1, 0.15) is 18.1 Å². The van der Waals surface area contributed by atoms with Crippen LogP contribution in [0.15, 0.2) is 24.3 Å². The van der Waals surface area contributed by atoms with Crippen molar-refractivity contribution in [2.45, 2.75) is 102 Å². The van der Waals surface area contributed by atoms with Gasteiger partial charge in [-0.05, 0) is 36.3 Å². The number of hydrogen-bond donors (Lipinski definition) is 1. The number of imidazole rings is 1. The summed E-state index contributed by atoms with van der Waals surface area (Å²) in [7, 11) is 0. The Morgan fingerprint density at radius 2 is 1.58 bits per heavy atom. The van der Waals surface area contributed by atoms with E-state index in [0.717, 1.165) is 37.2 Å². The number of aryl methyl sites for hydroxylation is 1. The van der Waals surface area contributed by atoms with Crippen LogP contribution in [0.4, 0.5) is 39.5 Å². The van der Waals surface area contributed by atoms with Crippen LogP contribution < -0.4 is 0 Å². The van der Waals surface area contributed by atoms with Crippen LogP contribution in [0.1, 0.15) is 86.6 Å². The number of carboxylic acids is 1. The molecule has 0 aliphatic heterocycles. The summed E-state index contributed by atoms with van der Waals surface area (Å²) in [5.41, 5.74) is -2.26. The zero-order chi connectivity index (χ0) is 32.4. The van der Waals surface area contributed by atoms with Gasteiger partial charge in [-0.15, -0.1) is 0 Å². The van der Waals surface area contributed by atoms with E-state index in [-0.39, 0.29) is 24.6 Å². The smallest absolute Gasteiger partial charge is 0.460 e. The summed E-state index contributed by atoms with van der Waals surface area (Å²) in [4.78, 5) is 26.9. The van der Waals surface area contributed by atoms with Crippen molar-refractivity contribution in [3.8, 4) is 0 Å². The average Bonchev–Trinajstić information content (AvgIpc) is 3.55. The molecule has 1 unspecified atom stereocenters. The Kier molecular flexibility index (Phi) is 10.2. The molecule has 0 spiro atoms. The van der Waals surface area contributed by atoms with Gasteiger partial charge in [0.2, 0.25) is 0 Å². The first-order valence-corrected chi connectivity index (χ1v) is 13.6. The minimum absolute atomic E-state index is 0.0886. The van der Waals surface area contributed by atoms with Gasteiger partial charge in [0.25, 0.3) is 0 Å². The van der Waals surface area contributed by atoms with Gasteiger partial charge in [0.15, 0.2) is 0 Å². The fraction of sp³-hybridized carbons (Fsp3) is 0.607. The molecule has 0 radical (unpaired) electrons. The fourth-order valence-electron chi connectivity index (χ4n) is 5.26. The Balaban J connectivity index is 2.12. The third-order valence-corrected chi connectivity index (χ3v) is 7.58. The molecular formula is C28H31F9N2O4. The van der Waals surface area contributed by atoms with Gasteiger partial charge in [0.05, 0.1) is 11.6 Å². The van der Waals surface area contributed by atoms with Crippen molar-refractivity contribution in [3.63, 3.8) is 0 Å². The first kappa shape index (κ1) is 34.2. The number of carbonyl (C=O) groups is 2. The van der Waals surface area contributed by atoms with Crippen LogP contribution >= 0.6 is 0 Å². The zero-order valence-corrected chi connectivity index (χ0v) is 23.3. The highest BCUT2D eigenvalue weighted by atomic mass is 19.4. The number of benzene rings is 1. The molecule has 0 bridgehead atoms. The van der Waals surface area contributed by atoms with Gasteiger partial charge in [-0.25, -0.2) is 4.98 Å². The molecule has 2 aromatic rings. The summed E-state index contributed by atoms with van der Waals surface area (Å²) in [5.74, 6) is -23.6. The molecule has 1 fully saturated rings. The number of carbonyl (C=O) groups excluding carboxylic acids is 1. The normalized spacial score (nSPS) is 16.0. The van der Waals surface area contributed by atoms with E-state index in [1.54, 1.807) is 6.92 Å². The number of aliphatic carboxylic acids is 1. The van der Waals surface area contributed by atoms with Gasteiger partial charge in [-0.2, -0.15) is 39.5 Å². The first-order chi connectivity index (χ1) is 19.9. The summed E-state index contributed by atoms with van der Waals surface area (Å²) in [6.07, 6.45) is -3.23. The number of aromatic nitrogens is 2. The second-order valence-electron chi connectivity index (χ2n) is 10.6. The number of ether oxygens (including phenoxy) is 1. The van der Waals surface area contributed by atoms with E-state index < -0.39 is 66.3 Å². The van der Waals surface area contributed by atoms with E-state index in [4.69, 9.17) is 4.74 Å². The summed E-state index contributed by atoms with van der Waals surface area (Å²) < 4.78 is 131. The maximum atomic E-state index is 15.2. The zero-order valence-electron chi connectivity index (χ0n) is 23.3. The molecule has 6 nitrogen and oxygen atoms in total.